The standard InChI is InChI=1S/C15H13N3O4S/c1-22-13-6-8-14(9-7-13)23(20,21)18-15(19)17-12-4-2-11(10-16)3-5-12/h2-9H,1H3,(H2,17,18,19). The monoisotopic (exact) mass is 331 g/mol. The van der Waals surface area contributed by atoms with Gasteiger partial charge in [-0.15, -0.1) is 0 Å². The van der Waals surface area contributed by atoms with E-state index in [0.29, 0.717) is 17.0 Å². The van der Waals surface area contributed by atoms with Gasteiger partial charge in [-0.3, -0.25) is 0 Å². The Balaban J connectivity index is 2.06. The Kier molecular flexibility index (Phi) is 4.83. The van der Waals surface area contributed by atoms with Crippen LogP contribution >= 0.6 is 0 Å². The first-order valence-corrected chi connectivity index (χ1v) is 7.91. The molecular formula is C15H13N3O4S. The van der Waals surface area contributed by atoms with Crippen LogP contribution < -0.4 is 14.8 Å². The number of nitrogens with zero attached hydrogens (tertiary/aromatic N) is 1. The van der Waals surface area contributed by atoms with Crippen LogP contribution in [0.4, 0.5) is 10.5 Å². The highest BCUT2D eigenvalue weighted by Gasteiger charge is 2.17. The van der Waals surface area contributed by atoms with E-state index in [-0.39, 0.29) is 4.90 Å². The molecule has 0 fully saturated rings. The minimum Gasteiger partial charge on any atom is -0.497 e. The second-order valence-electron chi connectivity index (χ2n) is 4.42. The number of ether oxygens (including phenoxy) is 1. The van der Waals surface area contributed by atoms with Gasteiger partial charge in [0.25, 0.3) is 10.0 Å². The molecule has 2 aromatic carbocycles. The summed E-state index contributed by atoms with van der Waals surface area (Å²) < 4.78 is 31.0. The van der Waals surface area contributed by atoms with Crippen molar-refractivity contribution in [1.29, 1.82) is 5.26 Å². The van der Waals surface area contributed by atoms with Crippen LogP contribution in [0, 0.1) is 11.3 Å². The molecule has 2 aromatic rings. The summed E-state index contributed by atoms with van der Waals surface area (Å²) in [5, 5.41) is 11.1. The zero-order valence-corrected chi connectivity index (χ0v) is 12.9. The molecule has 0 bridgehead atoms. The Bertz CT molecular complexity index is 838. The number of hydrogen-bond donors (Lipinski definition) is 2. The lowest BCUT2D eigenvalue weighted by molar-refractivity contribution is 0.256. The summed E-state index contributed by atoms with van der Waals surface area (Å²) in [6.45, 7) is 0. The molecule has 0 unspecified atom stereocenters. The third kappa shape index (κ3) is 4.21. The molecule has 0 spiro atoms. The lowest BCUT2D eigenvalue weighted by Crippen LogP contribution is -2.34. The minimum atomic E-state index is -3.99. The molecule has 118 valence electrons. The molecule has 2 N–H and O–H groups in total. The molecule has 0 aliphatic carbocycles. The van der Waals surface area contributed by atoms with Crippen LogP contribution in [0.15, 0.2) is 53.4 Å². The fourth-order valence-corrected chi connectivity index (χ4v) is 2.63. The molecule has 0 saturated carbocycles. The fourth-order valence-electron chi connectivity index (χ4n) is 1.72. The van der Waals surface area contributed by atoms with Crippen molar-refractivity contribution in [2.24, 2.45) is 0 Å². The maximum Gasteiger partial charge on any atom is 0.333 e. The molecule has 7 nitrogen and oxygen atoms in total. The number of sulfonamides is 1. The molecule has 2 amide bonds. The topological polar surface area (TPSA) is 108 Å². The second kappa shape index (κ2) is 6.81. The Labute approximate surface area is 133 Å². The Morgan fingerprint density at radius 3 is 2.22 bits per heavy atom. The number of carbonyl (C=O) groups excluding carboxylic acids is 1. The summed E-state index contributed by atoms with van der Waals surface area (Å²) >= 11 is 0. The molecule has 0 heterocycles. The second-order valence-corrected chi connectivity index (χ2v) is 6.11. The van der Waals surface area contributed by atoms with Crippen molar-refractivity contribution >= 4 is 21.7 Å². The Morgan fingerprint density at radius 2 is 1.70 bits per heavy atom. The molecule has 0 atom stereocenters. The number of hydrogen-bond acceptors (Lipinski definition) is 5. The zero-order chi connectivity index (χ0) is 16.9. The number of carbonyl (C=O) groups is 1. The Morgan fingerprint density at radius 1 is 1.09 bits per heavy atom. The number of rotatable bonds is 4. The summed E-state index contributed by atoms with van der Waals surface area (Å²) in [4.78, 5) is 11.7. The maximum absolute atomic E-state index is 12.1. The predicted molar refractivity (Wildman–Crippen MR) is 83.5 cm³/mol. The van der Waals surface area contributed by atoms with Crippen LogP contribution in [0.3, 0.4) is 0 Å². The van der Waals surface area contributed by atoms with Crippen LogP contribution in [-0.2, 0) is 10.0 Å². The molecule has 8 heteroatoms. The predicted octanol–water partition coefficient (Wildman–Crippen LogP) is 2.08. The van der Waals surface area contributed by atoms with Crippen molar-refractivity contribution in [2.45, 2.75) is 4.90 Å². The van der Waals surface area contributed by atoms with E-state index in [2.05, 4.69) is 5.32 Å². The number of nitriles is 1. The van der Waals surface area contributed by atoms with Crippen molar-refractivity contribution < 1.29 is 17.9 Å². The van der Waals surface area contributed by atoms with E-state index in [4.69, 9.17) is 10.00 Å². The number of methoxy groups -OCH3 is 1. The van der Waals surface area contributed by atoms with Gasteiger partial charge in [0.15, 0.2) is 0 Å². The van der Waals surface area contributed by atoms with E-state index in [0.717, 1.165) is 0 Å². The lowest BCUT2D eigenvalue weighted by atomic mass is 10.2. The first kappa shape index (κ1) is 16.3. The number of benzene rings is 2. The van der Waals surface area contributed by atoms with E-state index < -0.39 is 16.1 Å². The van der Waals surface area contributed by atoms with Crippen molar-refractivity contribution in [3.05, 3.63) is 54.1 Å². The number of anilines is 1. The van der Waals surface area contributed by atoms with Gasteiger partial charge < -0.3 is 10.1 Å². The van der Waals surface area contributed by atoms with Gasteiger partial charge in [0.1, 0.15) is 5.75 Å². The van der Waals surface area contributed by atoms with Gasteiger partial charge >= 0.3 is 6.03 Å². The van der Waals surface area contributed by atoms with Crippen LogP contribution in [-0.4, -0.2) is 21.6 Å². The SMILES string of the molecule is COc1ccc(S(=O)(=O)NC(=O)Nc2ccc(C#N)cc2)cc1. The summed E-state index contributed by atoms with van der Waals surface area (Å²) in [6.07, 6.45) is 0. The van der Waals surface area contributed by atoms with Gasteiger partial charge in [-0.25, -0.2) is 17.9 Å². The Hall–Kier alpha value is -3.05. The van der Waals surface area contributed by atoms with Gasteiger partial charge in [-0.2, -0.15) is 5.26 Å². The van der Waals surface area contributed by atoms with Crippen molar-refractivity contribution in [2.75, 3.05) is 12.4 Å². The van der Waals surface area contributed by atoms with Gasteiger partial charge in [0.2, 0.25) is 0 Å². The van der Waals surface area contributed by atoms with Crippen LogP contribution in [0.25, 0.3) is 0 Å². The number of nitrogens with one attached hydrogen (secondary N) is 2. The summed E-state index contributed by atoms with van der Waals surface area (Å²) in [7, 11) is -2.52. The molecule has 0 aliphatic rings. The van der Waals surface area contributed by atoms with Crippen molar-refractivity contribution in [1.82, 2.24) is 4.72 Å². The van der Waals surface area contributed by atoms with Crippen LogP contribution in [0.2, 0.25) is 0 Å². The van der Waals surface area contributed by atoms with Gasteiger partial charge in [-0.05, 0) is 48.5 Å². The van der Waals surface area contributed by atoms with Crippen molar-refractivity contribution in [3.8, 4) is 11.8 Å². The molecule has 0 saturated heterocycles. The van der Waals surface area contributed by atoms with E-state index in [9.17, 15) is 13.2 Å². The highest BCUT2D eigenvalue weighted by atomic mass is 32.2. The largest absolute Gasteiger partial charge is 0.497 e. The molecule has 0 aliphatic heterocycles. The molecule has 0 aromatic heterocycles. The van der Waals surface area contributed by atoms with Gasteiger partial charge in [-0.1, -0.05) is 0 Å². The quantitative estimate of drug-likeness (QED) is 0.891. The molecule has 2 rings (SSSR count). The molecule has 0 radical (unpaired) electrons. The average Bonchev–Trinajstić information content (AvgIpc) is 2.55. The number of amides is 2. The molecule has 23 heavy (non-hydrogen) atoms. The summed E-state index contributed by atoms with van der Waals surface area (Å²) in [5.41, 5.74) is 0.799. The third-order valence-corrected chi connectivity index (χ3v) is 4.22. The maximum atomic E-state index is 12.1. The normalized spacial score (nSPS) is 10.4. The van der Waals surface area contributed by atoms with Gasteiger partial charge in [0, 0.05) is 5.69 Å². The lowest BCUT2D eigenvalue weighted by Gasteiger charge is -2.09. The van der Waals surface area contributed by atoms with Gasteiger partial charge in [0.05, 0.1) is 23.6 Å². The average molecular weight is 331 g/mol. The van der Waals surface area contributed by atoms with E-state index >= 15 is 0 Å². The first-order valence-electron chi connectivity index (χ1n) is 6.42. The highest BCUT2D eigenvalue weighted by Crippen LogP contribution is 2.15. The third-order valence-electron chi connectivity index (χ3n) is 2.87. The molecular weight excluding hydrogens is 318 g/mol. The fraction of sp³-hybridized carbons (Fsp3) is 0.0667. The van der Waals surface area contributed by atoms with E-state index in [1.807, 2.05) is 10.8 Å². The smallest absolute Gasteiger partial charge is 0.333 e. The first-order chi connectivity index (χ1) is 10.9. The van der Waals surface area contributed by atoms with Crippen LogP contribution in [0.5, 0.6) is 5.75 Å². The summed E-state index contributed by atoms with van der Waals surface area (Å²) in [5.74, 6) is 0.506. The van der Waals surface area contributed by atoms with E-state index in [1.165, 1.54) is 55.6 Å². The highest BCUT2D eigenvalue weighted by molar-refractivity contribution is 7.90. The number of urea groups is 1. The van der Waals surface area contributed by atoms with E-state index in [1.54, 1.807) is 0 Å². The summed E-state index contributed by atoms with van der Waals surface area (Å²) in [6, 6.07) is 12.7. The zero-order valence-electron chi connectivity index (χ0n) is 12.1. The minimum absolute atomic E-state index is 0.0618. The van der Waals surface area contributed by atoms with Crippen molar-refractivity contribution in [3.63, 3.8) is 0 Å². The van der Waals surface area contributed by atoms with Crippen LogP contribution in [0.1, 0.15) is 5.56 Å².